The van der Waals surface area contributed by atoms with Crippen LogP contribution < -0.4 is 9.46 Å². The van der Waals surface area contributed by atoms with E-state index in [2.05, 4.69) is 23.9 Å². The van der Waals surface area contributed by atoms with E-state index in [1.807, 2.05) is 18.2 Å². The third kappa shape index (κ3) is 11.3. The minimum absolute atomic E-state index is 0.743. The summed E-state index contributed by atoms with van der Waals surface area (Å²) < 4.78 is 11.3. The van der Waals surface area contributed by atoms with Crippen LogP contribution in [0.15, 0.2) is 30.6 Å². The average Bonchev–Trinajstić information content (AvgIpc) is 2.03. The molecule has 1 atom stereocenters. The van der Waals surface area contributed by atoms with Gasteiger partial charge in [-0.2, -0.15) is 0 Å². The Kier molecular flexibility index (Phi) is 5.55. The second kappa shape index (κ2) is 5.86. The molecule has 0 aliphatic carbocycles. The fraction of sp³-hybridized carbons (Fsp3) is 0.375. The van der Waals surface area contributed by atoms with Gasteiger partial charge in [0, 0.05) is 18.8 Å². The Bertz CT molecular complexity index is 262. The molecular formula is C8H14NO3P. The molecule has 0 spiro atoms. The number of pyridine rings is 1. The van der Waals surface area contributed by atoms with Crippen LogP contribution in [0.5, 0.6) is 0 Å². The molecule has 1 unspecified atom stereocenters. The van der Waals surface area contributed by atoms with Crippen LogP contribution in [0.3, 0.4) is 0 Å². The summed E-state index contributed by atoms with van der Waals surface area (Å²) in [6, 6.07) is 6.08. The Balaban J connectivity index is 0.000000252. The predicted octanol–water partition coefficient (Wildman–Crippen LogP) is 0.156. The standard InChI is InChI=1S/C7H10N.CH5O3P/c1-2-8-6-4-3-5-7-8;1-5(2,3)4/h3-7H,2H2,1H3;1H3,(H2,2,3,4)/q+1;/p-1. The summed E-state index contributed by atoms with van der Waals surface area (Å²) in [7, 11) is -3.89. The van der Waals surface area contributed by atoms with Crippen molar-refractivity contribution in [2.75, 3.05) is 6.66 Å². The van der Waals surface area contributed by atoms with E-state index in [1.54, 1.807) is 0 Å². The van der Waals surface area contributed by atoms with Gasteiger partial charge in [0.25, 0.3) is 0 Å². The number of aryl methyl sites for hydroxylation is 1. The summed E-state index contributed by atoms with van der Waals surface area (Å²) >= 11 is 0. The smallest absolute Gasteiger partial charge is 0.168 e. The summed E-state index contributed by atoms with van der Waals surface area (Å²) in [4.78, 5) is 16.7. The molecule has 1 N–H and O–H groups in total. The summed E-state index contributed by atoms with van der Waals surface area (Å²) in [5, 5.41) is 0. The fourth-order valence-electron chi connectivity index (χ4n) is 0.645. The van der Waals surface area contributed by atoms with Crippen molar-refractivity contribution in [3.8, 4) is 0 Å². The van der Waals surface area contributed by atoms with Crippen LogP contribution >= 0.6 is 7.60 Å². The van der Waals surface area contributed by atoms with Crippen molar-refractivity contribution in [3.63, 3.8) is 0 Å². The van der Waals surface area contributed by atoms with E-state index in [4.69, 9.17) is 4.89 Å². The van der Waals surface area contributed by atoms with E-state index in [9.17, 15) is 9.46 Å². The molecule has 0 fully saturated rings. The molecule has 0 aromatic carbocycles. The molecule has 4 nitrogen and oxygen atoms in total. The Morgan fingerprint density at radius 3 is 2.00 bits per heavy atom. The van der Waals surface area contributed by atoms with Gasteiger partial charge in [0.2, 0.25) is 0 Å². The van der Waals surface area contributed by atoms with Crippen LogP contribution in [0, 0.1) is 0 Å². The first kappa shape index (κ1) is 12.3. The minimum Gasteiger partial charge on any atom is -0.779 e. The SMILES string of the molecule is CC[n+]1ccccc1.CP(=O)([O-])O. The topological polar surface area (TPSA) is 64.2 Å². The highest BCUT2D eigenvalue weighted by molar-refractivity contribution is 7.49. The van der Waals surface area contributed by atoms with Gasteiger partial charge in [-0.1, -0.05) is 6.07 Å². The first-order valence-corrected chi connectivity index (χ1v) is 5.91. The number of hydrogen-bond acceptors (Lipinski definition) is 2. The Morgan fingerprint density at radius 2 is 1.77 bits per heavy atom. The molecule has 5 heteroatoms. The van der Waals surface area contributed by atoms with E-state index < -0.39 is 7.60 Å². The molecule has 0 amide bonds. The maximum atomic E-state index is 9.22. The summed E-state index contributed by atoms with van der Waals surface area (Å²) in [6.07, 6.45) is 4.11. The highest BCUT2D eigenvalue weighted by Crippen LogP contribution is 2.19. The molecule has 13 heavy (non-hydrogen) atoms. The van der Waals surface area contributed by atoms with Crippen molar-refractivity contribution in [1.82, 2.24) is 0 Å². The van der Waals surface area contributed by atoms with Crippen molar-refractivity contribution in [2.24, 2.45) is 0 Å². The molecule has 1 aromatic heterocycles. The van der Waals surface area contributed by atoms with Crippen LogP contribution in [0.25, 0.3) is 0 Å². The minimum atomic E-state index is -3.89. The molecule has 0 radical (unpaired) electrons. The van der Waals surface area contributed by atoms with E-state index in [-0.39, 0.29) is 0 Å². The van der Waals surface area contributed by atoms with Crippen molar-refractivity contribution in [2.45, 2.75) is 13.5 Å². The van der Waals surface area contributed by atoms with E-state index in [0.717, 1.165) is 13.2 Å². The number of aromatic nitrogens is 1. The van der Waals surface area contributed by atoms with Gasteiger partial charge in [0.1, 0.15) is 14.1 Å². The molecule has 0 saturated carbocycles. The Labute approximate surface area is 78.0 Å². The van der Waals surface area contributed by atoms with Crippen molar-refractivity contribution < 1.29 is 18.9 Å². The number of nitrogens with zero attached hydrogens (tertiary/aromatic N) is 1. The van der Waals surface area contributed by atoms with Crippen molar-refractivity contribution >= 4 is 7.60 Å². The van der Waals surface area contributed by atoms with Crippen LogP contribution in [-0.2, 0) is 11.1 Å². The monoisotopic (exact) mass is 203 g/mol. The fourth-order valence-corrected chi connectivity index (χ4v) is 0.645. The van der Waals surface area contributed by atoms with Gasteiger partial charge in [0.05, 0.1) is 0 Å². The van der Waals surface area contributed by atoms with Crippen molar-refractivity contribution in [1.29, 1.82) is 0 Å². The maximum absolute atomic E-state index is 9.22. The molecular weight excluding hydrogens is 189 g/mol. The first-order chi connectivity index (χ1) is 5.93. The molecule has 1 heterocycles. The van der Waals surface area contributed by atoms with Gasteiger partial charge in [-0.25, -0.2) is 4.57 Å². The zero-order valence-corrected chi connectivity index (χ0v) is 8.65. The molecule has 0 saturated heterocycles. The first-order valence-electron chi connectivity index (χ1n) is 3.89. The third-order valence-electron chi connectivity index (χ3n) is 1.14. The molecule has 0 aliphatic rings. The van der Waals surface area contributed by atoms with Gasteiger partial charge < -0.3 is 14.4 Å². The lowest BCUT2D eigenvalue weighted by atomic mass is 10.5. The zero-order valence-electron chi connectivity index (χ0n) is 7.75. The van der Waals surface area contributed by atoms with Crippen LogP contribution in [0.4, 0.5) is 0 Å². The lowest BCUT2D eigenvalue weighted by Crippen LogP contribution is -2.30. The van der Waals surface area contributed by atoms with Gasteiger partial charge in [-0.15, -0.1) is 0 Å². The maximum Gasteiger partial charge on any atom is 0.168 e. The lowest BCUT2D eigenvalue weighted by Gasteiger charge is -2.04. The molecule has 74 valence electrons. The molecule has 1 rings (SSSR count). The second-order valence-electron chi connectivity index (χ2n) is 2.51. The molecule has 0 bridgehead atoms. The molecule has 0 aliphatic heterocycles. The van der Waals surface area contributed by atoms with Gasteiger partial charge >= 0.3 is 0 Å². The predicted molar refractivity (Wildman–Crippen MR) is 48.1 cm³/mol. The van der Waals surface area contributed by atoms with E-state index in [1.165, 1.54) is 0 Å². The number of rotatable bonds is 1. The third-order valence-corrected chi connectivity index (χ3v) is 1.14. The lowest BCUT2D eigenvalue weighted by molar-refractivity contribution is -0.693. The van der Waals surface area contributed by atoms with E-state index >= 15 is 0 Å². The van der Waals surface area contributed by atoms with Crippen LogP contribution in [-0.4, -0.2) is 11.6 Å². The van der Waals surface area contributed by atoms with Gasteiger partial charge in [-0.05, 0) is 6.92 Å². The Morgan fingerprint density at radius 1 is 1.38 bits per heavy atom. The van der Waals surface area contributed by atoms with Crippen LogP contribution in [0.1, 0.15) is 6.92 Å². The highest BCUT2D eigenvalue weighted by Gasteiger charge is 1.86. The summed E-state index contributed by atoms with van der Waals surface area (Å²) in [5.41, 5.74) is 0. The largest absolute Gasteiger partial charge is 0.779 e. The number of hydrogen-bond donors (Lipinski definition) is 1. The highest BCUT2D eigenvalue weighted by atomic mass is 31.2. The van der Waals surface area contributed by atoms with Crippen LogP contribution in [0.2, 0.25) is 0 Å². The second-order valence-corrected chi connectivity index (χ2v) is 4.11. The Hall–Kier alpha value is -0.700. The van der Waals surface area contributed by atoms with Gasteiger partial charge in [-0.3, -0.25) is 0 Å². The zero-order chi connectivity index (χ0) is 10.3. The summed E-state index contributed by atoms with van der Waals surface area (Å²) in [6.45, 7) is 3.92. The van der Waals surface area contributed by atoms with Crippen molar-refractivity contribution in [3.05, 3.63) is 30.6 Å². The quantitative estimate of drug-likeness (QED) is 0.522. The average molecular weight is 203 g/mol. The summed E-state index contributed by atoms with van der Waals surface area (Å²) in [5.74, 6) is 0. The van der Waals surface area contributed by atoms with Gasteiger partial charge in [0.15, 0.2) is 12.4 Å². The van der Waals surface area contributed by atoms with E-state index in [0.29, 0.717) is 0 Å². The normalized spacial score (nSPS) is 13.8. The molecule has 1 aromatic rings.